The number of ether oxygens (including phenoxy) is 3. The highest BCUT2D eigenvalue weighted by Crippen LogP contribution is 2.38. The topological polar surface area (TPSA) is 134 Å². The highest BCUT2D eigenvalue weighted by atomic mass is 16.6. The molecule has 0 bridgehead atoms. The molecule has 11 heteroatoms. The Balaban J connectivity index is 1.85. The lowest BCUT2D eigenvalue weighted by molar-refractivity contribution is -0.393. The van der Waals surface area contributed by atoms with E-state index in [0.717, 1.165) is 19.2 Å². The Morgan fingerprint density at radius 2 is 1.75 bits per heavy atom. The number of anilines is 1. The molecule has 1 aliphatic heterocycles. The van der Waals surface area contributed by atoms with Crippen molar-refractivity contribution in [2.75, 3.05) is 31.7 Å². The first kappa shape index (κ1) is 22.8. The van der Waals surface area contributed by atoms with Gasteiger partial charge in [0.1, 0.15) is 11.8 Å². The summed E-state index contributed by atoms with van der Waals surface area (Å²) < 4.78 is 16.4. The van der Waals surface area contributed by atoms with E-state index in [2.05, 4.69) is 0 Å². The van der Waals surface area contributed by atoms with Gasteiger partial charge in [-0.25, -0.2) is 4.79 Å². The summed E-state index contributed by atoms with van der Waals surface area (Å²) in [6.07, 6.45) is 0.885. The van der Waals surface area contributed by atoms with Crippen LogP contribution in [0.5, 0.6) is 11.5 Å². The lowest BCUT2D eigenvalue weighted by Gasteiger charge is -2.34. The quantitative estimate of drug-likeness (QED) is 0.338. The van der Waals surface area contributed by atoms with Crippen LogP contribution in [0, 0.1) is 20.2 Å². The molecule has 1 heterocycles. The Morgan fingerprint density at radius 3 is 2.31 bits per heavy atom. The highest BCUT2D eigenvalue weighted by Gasteiger charge is 2.33. The maximum absolute atomic E-state index is 12.3. The lowest BCUT2D eigenvalue weighted by atomic mass is 10.0. The average Bonchev–Trinajstić information content (AvgIpc) is 2.79. The number of esters is 1. The van der Waals surface area contributed by atoms with Crippen LogP contribution < -0.4 is 14.4 Å². The fraction of sp³-hybridized carbons (Fsp3) is 0.381. The number of carbonyl (C=O) groups excluding carboxylic acids is 1. The van der Waals surface area contributed by atoms with Crippen LogP contribution in [0.2, 0.25) is 0 Å². The Kier molecular flexibility index (Phi) is 7.08. The van der Waals surface area contributed by atoms with Crippen LogP contribution in [0.1, 0.15) is 30.1 Å². The van der Waals surface area contributed by atoms with Crippen molar-refractivity contribution in [2.24, 2.45) is 0 Å². The third-order valence-electron chi connectivity index (χ3n) is 5.09. The van der Waals surface area contributed by atoms with Crippen molar-refractivity contribution in [1.29, 1.82) is 0 Å². The lowest BCUT2D eigenvalue weighted by Crippen LogP contribution is -2.39. The molecule has 0 aliphatic carbocycles. The molecule has 32 heavy (non-hydrogen) atoms. The van der Waals surface area contributed by atoms with Crippen molar-refractivity contribution in [3.63, 3.8) is 0 Å². The van der Waals surface area contributed by atoms with Gasteiger partial charge in [0.05, 0.1) is 35.2 Å². The number of piperidine rings is 1. The average molecular weight is 445 g/mol. The fourth-order valence-electron chi connectivity index (χ4n) is 3.65. The van der Waals surface area contributed by atoms with Crippen LogP contribution >= 0.6 is 0 Å². The molecule has 0 atom stereocenters. The van der Waals surface area contributed by atoms with Gasteiger partial charge in [-0.3, -0.25) is 20.2 Å². The fourth-order valence-corrected chi connectivity index (χ4v) is 3.65. The van der Waals surface area contributed by atoms with Crippen LogP contribution in [0.4, 0.5) is 17.1 Å². The van der Waals surface area contributed by atoms with Crippen molar-refractivity contribution in [3.8, 4) is 11.5 Å². The van der Waals surface area contributed by atoms with E-state index in [-0.39, 0.29) is 17.4 Å². The zero-order chi connectivity index (χ0) is 23.3. The predicted octanol–water partition coefficient (Wildman–Crippen LogP) is 3.74. The first-order valence-electron chi connectivity index (χ1n) is 10.0. The number of benzene rings is 2. The van der Waals surface area contributed by atoms with Crippen LogP contribution in [0.3, 0.4) is 0 Å². The minimum Gasteiger partial charge on any atom is -0.490 e. The normalized spacial score (nSPS) is 14.0. The van der Waals surface area contributed by atoms with Gasteiger partial charge >= 0.3 is 5.97 Å². The number of hydrogen-bond acceptors (Lipinski definition) is 9. The molecule has 0 aromatic heterocycles. The summed E-state index contributed by atoms with van der Waals surface area (Å²) in [5, 5.41) is 22.9. The molecule has 3 rings (SSSR count). The third kappa shape index (κ3) is 4.88. The molecule has 2 aromatic carbocycles. The van der Waals surface area contributed by atoms with E-state index in [0.29, 0.717) is 44.0 Å². The van der Waals surface area contributed by atoms with Gasteiger partial charge in [-0.15, -0.1) is 0 Å². The van der Waals surface area contributed by atoms with Crippen LogP contribution in [-0.2, 0) is 4.74 Å². The summed E-state index contributed by atoms with van der Waals surface area (Å²) in [5.74, 6) is 0.372. The van der Waals surface area contributed by atoms with Crippen LogP contribution in [0.15, 0.2) is 36.4 Å². The second kappa shape index (κ2) is 9.94. The summed E-state index contributed by atoms with van der Waals surface area (Å²) in [6, 6.07) is 9.20. The molecule has 1 fully saturated rings. The maximum atomic E-state index is 12.3. The van der Waals surface area contributed by atoms with E-state index in [4.69, 9.17) is 14.2 Å². The Morgan fingerprint density at radius 1 is 1.09 bits per heavy atom. The van der Waals surface area contributed by atoms with Gasteiger partial charge in [0, 0.05) is 32.0 Å². The Bertz CT molecular complexity index is 1020. The molecule has 1 saturated heterocycles. The first-order valence-corrected chi connectivity index (χ1v) is 10.0. The molecular formula is C21H23N3O8. The number of para-hydroxylation sites is 2. The molecule has 0 saturated carbocycles. The summed E-state index contributed by atoms with van der Waals surface area (Å²) in [6.45, 7) is 3.08. The number of hydrogen-bond donors (Lipinski definition) is 0. The first-order chi connectivity index (χ1) is 15.3. The predicted molar refractivity (Wildman–Crippen MR) is 115 cm³/mol. The molecule has 2 aromatic rings. The molecule has 1 aliphatic rings. The largest absolute Gasteiger partial charge is 0.490 e. The molecule has 170 valence electrons. The SMILES string of the molecule is CCOc1ccccc1OC1CCN(c2c(C(=O)OC)cc([N+](=O)[O-])cc2[N+](=O)[O-])CC1. The zero-order valence-corrected chi connectivity index (χ0v) is 17.7. The molecule has 0 N–H and O–H groups in total. The van der Waals surface area contributed by atoms with Gasteiger partial charge in [-0.2, -0.15) is 0 Å². The van der Waals surface area contributed by atoms with Crippen molar-refractivity contribution < 1.29 is 28.9 Å². The van der Waals surface area contributed by atoms with E-state index in [1.165, 1.54) is 0 Å². The van der Waals surface area contributed by atoms with Gasteiger partial charge in [0.25, 0.3) is 11.4 Å². The van der Waals surface area contributed by atoms with E-state index >= 15 is 0 Å². The highest BCUT2D eigenvalue weighted by molar-refractivity contribution is 5.99. The molecule has 0 unspecified atom stereocenters. The van der Waals surface area contributed by atoms with Crippen LogP contribution in [0.25, 0.3) is 0 Å². The van der Waals surface area contributed by atoms with E-state index in [9.17, 15) is 25.0 Å². The van der Waals surface area contributed by atoms with Crippen molar-refractivity contribution in [3.05, 3.63) is 62.2 Å². The number of non-ortho nitro benzene ring substituents is 1. The molecular weight excluding hydrogens is 422 g/mol. The smallest absolute Gasteiger partial charge is 0.340 e. The Labute approximate surface area is 183 Å². The van der Waals surface area contributed by atoms with Crippen LogP contribution in [-0.4, -0.2) is 48.7 Å². The van der Waals surface area contributed by atoms with Gasteiger partial charge < -0.3 is 19.1 Å². The minimum atomic E-state index is -0.879. The maximum Gasteiger partial charge on any atom is 0.340 e. The van der Waals surface area contributed by atoms with E-state index in [1.807, 2.05) is 31.2 Å². The van der Waals surface area contributed by atoms with Crippen molar-refractivity contribution in [1.82, 2.24) is 0 Å². The third-order valence-corrected chi connectivity index (χ3v) is 5.09. The summed E-state index contributed by atoms with van der Waals surface area (Å²) in [4.78, 5) is 35.3. The minimum absolute atomic E-state index is 0.0145. The van der Waals surface area contributed by atoms with E-state index < -0.39 is 27.2 Å². The Hall–Kier alpha value is -3.89. The molecule has 0 amide bonds. The second-order valence-corrected chi connectivity index (χ2v) is 7.05. The van der Waals surface area contributed by atoms with Gasteiger partial charge in [-0.05, 0) is 19.1 Å². The summed E-state index contributed by atoms with van der Waals surface area (Å²) >= 11 is 0. The van der Waals surface area contributed by atoms with Crippen molar-refractivity contribution in [2.45, 2.75) is 25.9 Å². The molecule has 0 spiro atoms. The number of rotatable bonds is 8. The van der Waals surface area contributed by atoms with Gasteiger partial charge in [0.2, 0.25) is 0 Å². The standard InChI is InChI=1S/C21H23N3O8/c1-3-31-18-6-4-5-7-19(18)32-15-8-10-22(11-9-15)20-16(21(25)30-2)12-14(23(26)27)13-17(20)24(28)29/h4-7,12-13,15H,3,8-11H2,1-2H3. The summed E-state index contributed by atoms with van der Waals surface area (Å²) in [7, 11) is 1.12. The zero-order valence-electron chi connectivity index (χ0n) is 17.7. The molecule has 11 nitrogen and oxygen atoms in total. The van der Waals surface area contributed by atoms with Crippen molar-refractivity contribution >= 4 is 23.0 Å². The number of nitrogens with zero attached hydrogens (tertiary/aromatic N) is 3. The molecule has 0 radical (unpaired) electrons. The monoisotopic (exact) mass is 445 g/mol. The number of nitro benzene ring substituents is 2. The number of nitro groups is 2. The van der Waals surface area contributed by atoms with Gasteiger partial charge in [-0.1, -0.05) is 12.1 Å². The second-order valence-electron chi connectivity index (χ2n) is 7.05. The van der Waals surface area contributed by atoms with Gasteiger partial charge in [0.15, 0.2) is 11.5 Å². The number of methoxy groups -OCH3 is 1. The summed E-state index contributed by atoms with van der Waals surface area (Å²) in [5.41, 5.74) is -1.26. The van der Waals surface area contributed by atoms with E-state index in [1.54, 1.807) is 4.90 Å². The number of carbonyl (C=O) groups is 1.